The fraction of sp³-hybridized carbons (Fsp3) is 0.500. The SMILES string of the molecule is Cc1cc(-c2cc[nH]n2)ccc1C1CCN(C(=O)OC(C)(C)C)CC1. The van der Waals surface area contributed by atoms with E-state index in [1.54, 1.807) is 0 Å². The van der Waals surface area contributed by atoms with Gasteiger partial charge in [0.1, 0.15) is 5.60 Å². The van der Waals surface area contributed by atoms with E-state index in [0.717, 1.165) is 37.2 Å². The number of nitrogens with one attached hydrogen (secondary N) is 1. The van der Waals surface area contributed by atoms with E-state index in [9.17, 15) is 4.79 Å². The van der Waals surface area contributed by atoms with Gasteiger partial charge >= 0.3 is 6.09 Å². The number of ether oxygens (including phenoxy) is 1. The van der Waals surface area contributed by atoms with Gasteiger partial charge in [-0.2, -0.15) is 5.10 Å². The number of aryl methyl sites for hydroxylation is 1. The van der Waals surface area contributed by atoms with E-state index >= 15 is 0 Å². The molecular weight excluding hydrogens is 314 g/mol. The lowest BCUT2D eigenvalue weighted by atomic mass is 9.86. The summed E-state index contributed by atoms with van der Waals surface area (Å²) in [5, 5.41) is 7.10. The summed E-state index contributed by atoms with van der Waals surface area (Å²) in [7, 11) is 0. The normalized spacial score (nSPS) is 16.1. The first-order chi connectivity index (χ1) is 11.8. The molecule has 0 aliphatic carbocycles. The summed E-state index contributed by atoms with van der Waals surface area (Å²) in [6.07, 6.45) is 3.59. The van der Waals surface area contributed by atoms with Gasteiger partial charge in [-0.15, -0.1) is 0 Å². The third-order valence-corrected chi connectivity index (χ3v) is 4.65. The molecule has 0 atom stereocenters. The van der Waals surface area contributed by atoms with Crippen LogP contribution in [-0.2, 0) is 4.74 Å². The number of carbonyl (C=O) groups is 1. The number of likely N-dealkylation sites (tertiary alicyclic amines) is 1. The largest absolute Gasteiger partial charge is 0.444 e. The van der Waals surface area contributed by atoms with Crippen LogP contribution in [0.4, 0.5) is 4.79 Å². The Morgan fingerprint density at radius 1 is 1.24 bits per heavy atom. The van der Waals surface area contributed by atoms with Gasteiger partial charge in [-0.05, 0) is 69.7 Å². The summed E-state index contributed by atoms with van der Waals surface area (Å²) in [4.78, 5) is 14.0. The van der Waals surface area contributed by atoms with Crippen LogP contribution < -0.4 is 0 Å². The van der Waals surface area contributed by atoms with Gasteiger partial charge in [0.25, 0.3) is 0 Å². The molecule has 0 radical (unpaired) electrons. The lowest BCUT2D eigenvalue weighted by Crippen LogP contribution is -2.41. The predicted octanol–water partition coefficient (Wildman–Crippen LogP) is 4.50. The minimum atomic E-state index is -0.438. The van der Waals surface area contributed by atoms with Crippen molar-refractivity contribution in [2.24, 2.45) is 0 Å². The Kier molecular flexibility index (Phi) is 4.84. The van der Waals surface area contributed by atoms with Crippen molar-refractivity contribution < 1.29 is 9.53 Å². The summed E-state index contributed by atoms with van der Waals surface area (Å²) < 4.78 is 5.48. The molecule has 2 aromatic rings. The van der Waals surface area contributed by atoms with Crippen molar-refractivity contribution in [3.05, 3.63) is 41.6 Å². The molecule has 1 fully saturated rings. The molecule has 1 saturated heterocycles. The summed E-state index contributed by atoms with van der Waals surface area (Å²) in [6, 6.07) is 8.53. The Labute approximate surface area is 149 Å². The van der Waals surface area contributed by atoms with Crippen LogP contribution in [0.2, 0.25) is 0 Å². The molecule has 1 aromatic carbocycles. The Morgan fingerprint density at radius 3 is 2.52 bits per heavy atom. The van der Waals surface area contributed by atoms with Crippen LogP contribution >= 0.6 is 0 Å². The number of piperidine rings is 1. The molecule has 1 aliphatic rings. The highest BCUT2D eigenvalue weighted by atomic mass is 16.6. The Balaban J connectivity index is 1.64. The van der Waals surface area contributed by atoms with Crippen LogP contribution in [0.5, 0.6) is 0 Å². The fourth-order valence-electron chi connectivity index (χ4n) is 3.41. The molecule has 1 aromatic heterocycles. The van der Waals surface area contributed by atoms with Crippen LogP contribution in [-0.4, -0.2) is 39.9 Å². The predicted molar refractivity (Wildman–Crippen MR) is 98.5 cm³/mol. The van der Waals surface area contributed by atoms with Gasteiger partial charge in [-0.1, -0.05) is 12.1 Å². The molecule has 0 spiro atoms. The van der Waals surface area contributed by atoms with E-state index < -0.39 is 5.60 Å². The maximum Gasteiger partial charge on any atom is 0.410 e. The van der Waals surface area contributed by atoms with Gasteiger partial charge in [0.05, 0.1) is 5.69 Å². The van der Waals surface area contributed by atoms with Gasteiger partial charge in [0.15, 0.2) is 0 Å². The van der Waals surface area contributed by atoms with Crippen molar-refractivity contribution in [1.82, 2.24) is 15.1 Å². The number of hydrogen-bond donors (Lipinski definition) is 1. The van der Waals surface area contributed by atoms with Crippen molar-refractivity contribution >= 4 is 6.09 Å². The number of carbonyl (C=O) groups excluding carboxylic acids is 1. The van der Waals surface area contributed by atoms with E-state index in [0.29, 0.717) is 5.92 Å². The highest BCUT2D eigenvalue weighted by Gasteiger charge is 2.28. The molecule has 0 saturated carbocycles. The highest BCUT2D eigenvalue weighted by molar-refractivity contribution is 5.68. The first-order valence-corrected chi connectivity index (χ1v) is 8.92. The maximum atomic E-state index is 12.2. The first-order valence-electron chi connectivity index (χ1n) is 8.92. The molecule has 25 heavy (non-hydrogen) atoms. The second-order valence-electron chi connectivity index (χ2n) is 7.77. The third kappa shape index (κ3) is 4.21. The lowest BCUT2D eigenvalue weighted by molar-refractivity contribution is 0.0205. The molecule has 1 N–H and O–H groups in total. The van der Waals surface area contributed by atoms with Crippen molar-refractivity contribution in [3.8, 4) is 11.3 Å². The molecule has 5 nitrogen and oxygen atoms in total. The quantitative estimate of drug-likeness (QED) is 0.875. The van der Waals surface area contributed by atoms with Crippen LogP contribution in [0.25, 0.3) is 11.3 Å². The van der Waals surface area contributed by atoms with Crippen LogP contribution in [0, 0.1) is 6.92 Å². The molecule has 3 rings (SSSR count). The summed E-state index contributed by atoms with van der Waals surface area (Å²) in [5.74, 6) is 0.493. The smallest absolute Gasteiger partial charge is 0.410 e. The van der Waals surface area contributed by atoms with Crippen molar-refractivity contribution in [2.45, 2.75) is 52.1 Å². The van der Waals surface area contributed by atoms with Gasteiger partial charge in [0.2, 0.25) is 0 Å². The number of aromatic nitrogens is 2. The fourth-order valence-corrected chi connectivity index (χ4v) is 3.41. The van der Waals surface area contributed by atoms with Gasteiger partial charge in [-0.3, -0.25) is 5.10 Å². The van der Waals surface area contributed by atoms with Crippen LogP contribution in [0.15, 0.2) is 30.5 Å². The van der Waals surface area contributed by atoms with Gasteiger partial charge in [0, 0.05) is 24.8 Å². The Bertz CT molecular complexity index is 724. The number of H-pyrrole nitrogens is 1. The summed E-state index contributed by atoms with van der Waals surface area (Å²) >= 11 is 0. The van der Waals surface area contributed by atoms with E-state index in [4.69, 9.17) is 4.74 Å². The van der Waals surface area contributed by atoms with Gasteiger partial charge in [-0.25, -0.2) is 4.79 Å². The van der Waals surface area contributed by atoms with Crippen molar-refractivity contribution in [3.63, 3.8) is 0 Å². The highest BCUT2D eigenvalue weighted by Crippen LogP contribution is 2.32. The molecule has 0 unspecified atom stereocenters. The van der Waals surface area contributed by atoms with E-state index in [-0.39, 0.29) is 6.09 Å². The average Bonchev–Trinajstić information content (AvgIpc) is 3.08. The minimum absolute atomic E-state index is 0.198. The van der Waals surface area contributed by atoms with E-state index in [1.165, 1.54) is 11.1 Å². The molecule has 134 valence electrons. The standard InChI is InChI=1S/C20H27N3O2/c1-14-13-16(18-7-10-21-22-18)5-6-17(14)15-8-11-23(12-9-15)19(24)25-20(2,3)4/h5-7,10,13,15H,8-9,11-12H2,1-4H3,(H,21,22). The Morgan fingerprint density at radius 2 is 1.96 bits per heavy atom. The maximum absolute atomic E-state index is 12.2. The van der Waals surface area contributed by atoms with Crippen molar-refractivity contribution in [1.29, 1.82) is 0 Å². The number of benzene rings is 1. The molecule has 1 amide bonds. The van der Waals surface area contributed by atoms with Crippen molar-refractivity contribution in [2.75, 3.05) is 13.1 Å². The summed E-state index contributed by atoms with van der Waals surface area (Å²) in [6.45, 7) is 9.37. The monoisotopic (exact) mass is 341 g/mol. The second-order valence-corrected chi connectivity index (χ2v) is 7.77. The van der Waals surface area contributed by atoms with Gasteiger partial charge < -0.3 is 9.64 Å². The lowest BCUT2D eigenvalue weighted by Gasteiger charge is -2.34. The molecule has 2 heterocycles. The molecule has 0 bridgehead atoms. The number of amides is 1. The van der Waals surface area contributed by atoms with Crippen LogP contribution in [0.3, 0.4) is 0 Å². The topological polar surface area (TPSA) is 58.2 Å². The first kappa shape index (κ1) is 17.5. The number of nitrogens with zero attached hydrogens (tertiary/aromatic N) is 2. The summed E-state index contributed by atoms with van der Waals surface area (Å²) in [5.41, 5.74) is 4.33. The molecule has 1 aliphatic heterocycles. The Hall–Kier alpha value is -2.30. The molecule has 5 heteroatoms. The molecular formula is C20H27N3O2. The second kappa shape index (κ2) is 6.90. The van der Waals surface area contributed by atoms with Crippen LogP contribution in [0.1, 0.15) is 50.7 Å². The average molecular weight is 341 g/mol. The zero-order valence-corrected chi connectivity index (χ0v) is 15.5. The van der Waals surface area contributed by atoms with E-state index in [2.05, 4.69) is 35.3 Å². The number of rotatable bonds is 2. The zero-order valence-electron chi connectivity index (χ0n) is 15.5. The minimum Gasteiger partial charge on any atom is -0.444 e. The number of hydrogen-bond acceptors (Lipinski definition) is 3. The third-order valence-electron chi connectivity index (χ3n) is 4.65. The number of aromatic amines is 1. The zero-order chi connectivity index (χ0) is 18.0. The van der Waals surface area contributed by atoms with E-state index in [1.807, 2.05) is 37.9 Å².